The molecule has 2 heterocycles. The summed E-state index contributed by atoms with van der Waals surface area (Å²) >= 11 is 0. The van der Waals surface area contributed by atoms with Crippen molar-refractivity contribution in [2.75, 3.05) is 18.8 Å². The van der Waals surface area contributed by atoms with E-state index in [1.54, 1.807) is 23.2 Å². The molecule has 1 aliphatic rings. The fourth-order valence-electron chi connectivity index (χ4n) is 2.91. The first kappa shape index (κ1) is 18.1. The van der Waals surface area contributed by atoms with E-state index < -0.39 is 5.60 Å². The van der Waals surface area contributed by atoms with Gasteiger partial charge in [-0.2, -0.15) is 5.10 Å². The predicted octanol–water partition coefficient (Wildman–Crippen LogP) is 3.51. The maximum Gasteiger partial charge on any atom is 0.410 e. The molecular formula is C19H26N4O3. The number of benzene rings is 1. The second kappa shape index (κ2) is 7.27. The highest BCUT2D eigenvalue weighted by atomic mass is 16.6. The number of rotatable bonds is 4. The average molecular weight is 358 g/mol. The van der Waals surface area contributed by atoms with Gasteiger partial charge in [0.2, 0.25) is 0 Å². The van der Waals surface area contributed by atoms with E-state index in [0.29, 0.717) is 23.9 Å². The van der Waals surface area contributed by atoms with E-state index in [1.807, 2.05) is 43.8 Å². The summed E-state index contributed by atoms with van der Waals surface area (Å²) in [5.41, 5.74) is 5.90. The number of nitrogens with zero attached hydrogens (tertiary/aromatic N) is 3. The minimum atomic E-state index is -0.467. The number of anilines is 1. The van der Waals surface area contributed by atoms with Crippen molar-refractivity contribution in [1.29, 1.82) is 0 Å². The molecule has 1 aromatic carbocycles. The van der Waals surface area contributed by atoms with Gasteiger partial charge in [0.05, 0.1) is 12.4 Å². The molecule has 7 heteroatoms. The zero-order valence-electron chi connectivity index (χ0n) is 15.5. The van der Waals surface area contributed by atoms with Crippen LogP contribution in [-0.2, 0) is 11.3 Å². The van der Waals surface area contributed by atoms with Crippen molar-refractivity contribution < 1.29 is 14.3 Å². The first-order valence-corrected chi connectivity index (χ1v) is 8.82. The Labute approximate surface area is 153 Å². The Kier molecular flexibility index (Phi) is 5.06. The van der Waals surface area contributed by atoms with Gasteiger partial charge in [0.15, 0.2) is 5.75 Å². The second-order valence-electron chi connectivity index (χ2n) is 7.65. The van der Waals surface area contributed by atoms with Gasteiger partial charge in [0, 0.05) is 25.3 Å². The minimum absolute atomic E-state index is 0.243. The number of carbonyl (C=O) groups is 1. The van der Waals surface area contributed by atoms with Crippen molar-refractivity contribution in [3.8, 4) is 11.5 Å². The lowest BCUT2D eigenvalue weighted by atomic mass is 10.1. The van der Waals surface area contributed by atoms with Crippen LogP contribution >= 0.6 is 0 Å². The van der Waals surface area contributed by atoms with Crippen LogP contribution in [0.15, 0.2) is 36.7 Å². The summed E-state index contributed by atoms with van der Waals surface area (Å²) in [6.07, 6.45) is 4.25. The highest BCUT2D eigenvalue weighted by Crippen LogP contribution is 2.24. The molecule has 1 amide bonds. The fraction of sp³-hybridized carbons (Fsp3) is 0.474. The van der Waals surface area contributed by atoms with Crippen LogP contribution in [-0.4, -0.2) is 39.5 Å². The van der Waals surface area contributed by atoms with Crippen LogP contribution < -0.4 is 10.5 Å². The SMILES string of the molecule is CC(C)(C)OC(=O)N1CCC(Cn2cc(Oc3ccc(N)cc3)cn2)C1. The maximum absolute atomic E-state index is 12.1. The summed E-state index contributed by atoms with van der Waals surface area (Å²) in [6.45, 7) is 7.78. The van der Waals surface area contributed by atoms with Gasteiger partial charge in [-0.1, -0.05) is 0 Å². The molecule has 3 rings (SSSR count). The van der Waals surface area contributed by atoms with Gasteiger partial charge < -0.3 is 20.1 Å². The van der Waals surface area contributed by atoms with Crippen molar-refractivity contribution in [1.82, 2.24) is 14.7 Å². The molecule has 7 nitrogen and oxygen atoms in total. The normalized spacial score (nSPS) is 17.3. The third-order valence-corrected chi connectivity index (χ3v) is 4.11. The van der Waals surface area contributed by atoms with Crippen LogP contribution in [0.4, 0.5) is 10.5 Å². The number of likely N-dealkylation sites (tertiary alicyclic amines) is 1. The molecule has 1 saturated heterocycles. The fourth-order valence-corrected chi connectivity index (χ4v) is 2.91. The van der Waals surface area contributed by atoms with E-state index in [1.165, 1.54) is 0 Å². The molecule has 1 atom stereocenters. The number of carbonyl (C=O) groups excluding carboxylic acids is 1. The van der Waals surface area contributed by atoms with E-state index in [0.717, 1.165) is 25.3 Å². The standard InChI is InChI=1S/C19H26N4O3/c1-19(2,3)26-18(24)22-9-8-14(11-22)12-23-13-17(10-21-23)25-16-6-4-15(20)5-7-16/h4-7,10,13-14H,8-9,11-12,20H2,1-3H3. The molecule has 1 unspecified atom stereocenters. The highest BCUT2D eigenvalue weighted by molar-refractivity contribution is 5.68. The lowest BCUT2D eigenvalue weighted by Gasteiger charge is -2.24. The van der Waals surface area contributed by atoms with Gasteiger partial charge in [-0.15, -0.1) is 0 Å². The molecule has 140 valence electrons. The number of hydrogen-bond acceptors (Lipinski definition) is 5. The van der Waals surface area contributed by atoms with Gasteiger partial charge in [-0.25, -0.2) is 4.79 Å². The van der Waals surface area contributed by atoms with Crippen LogP contribution in [0, 0.1) is 5.92 Å². The third kappa shape index (κ3) is 4.91. The van der Waals surface area contributed by atoms with Crippen molar-refractivity contribution in [3.05, 3.63) is 36.7 Å². The van der Waals surface area contributed by atoms with Crippen LogP contribution in [0.3, 0.4) is 0 Å². The largest absolute Gasteiger partial charge is 0.454 e. The van der Waals surface area contributed by atoms with Gasteiger partial charge in [-0.3, -0.25) is 4.68 Å². The quantitative estimate of drug-likeness (QED) is 0.846. The number of nitrogens with two attached hydrogens (primary N) is 1. The average Bonchev–Trinajstić information content (AvgIpc) is 3.18. The molecule has 26 heavy (non-hydrogen) atoms. The van der Waals surface area contributed by atoms with E-state index in [4.69, 9.17) is 15.2 Å². The molecule has 0 saturated carbocycles. The molecule has 2 aromatic rings. The molecule has 0 aliphatic carbocycles. The van der Waals surface area contributed by atoms with E-state index in [9.17, 15) is 4.79 Å². The minimum Gasteiger partial charge on any atom is -0.454 e. The molecule has 2 N–H and O–H groups in total. The number of nitrogen functional groups attached to an aromatic ring is 1. The van der Waals surface area contributed by atoms with Gasteiger partial charge in [0.25, 0.3) is 0 Å². The van der Waals surface area contributed by atoms with Crippen molar-refractivity contribution >= 4 is 11.8 Å². The zero-order valence-corrected chi connectivity index (χ0v) is 15.5. The molecule has 1 aliphatic heterocycles. The van der Waals surface area contributed by atoms with Crippen molar-refractivity contribution in [2.45, 2.75) is 39.3 Å². The van der Waals surface area contributed by atoms with E-state index in [2.05, 4.69) is 5.10 Å². The first-order valence-electron chi connectivity index (χ1n) is 8.82. The monoisotopic (exact) mass is 358 g/mol. The Morgan fingerprint density at radius 3 is 2.69 bits per heavy atom. The lowest BCUT2D eigenvalue weighted by molar-refractivity contribution is 0.0286. The summed E-state index contributed by atoms with van der Waals surface area (Å²) in [7, 11) is 0. The summed E-state index contributed by atoms with van der Waals surface area (Å²) in [4.78, 5) is 13.9. The first-order chi connectivity index (χ1) is 12.3. The summed E-state index contributed by atoms with van der Waals surface area (Å²) in [5.74, 6) is 1.75. The van der Waals surface area contributed by atoms with Gasteiger partial charge >= 0.3 is 6.09 Å². The number of amides is 1. The van der Waals surface area contributed by atoms with Crippen molar-refractivity contribution in [2.24, 2.45) is 5.92 Å². The highest BCUT2D eigenvalue weighted by Gasteiger charge is 2.30. The zero-order chi connectivity index (χ0) is 18.7. The Balaban J connectivity index is 1.52. The predicted molar refractivity (Wildman–Crippen MR) is 99.1 cm³/mol. The Morgan fingerprint density at radius 2 is 2.00 bits per heavy atom. The third-order valence-electron chi connectivity index (χ3n) is 4.11. The van der Waals surface area contributed by atoms with Crippen LogP contribution in [0.2, 0.25) is 0 Å². The van der Waals surface area contributed by atoms with Crippen LogP contribution in [0.25, 0.3) is 0 Å². The van der Waals surface area contributed by atoms with Crippen LogP contribution in [0.1, 0.15) is 27.2 Å². The van der Waals surface area contributed by atoms with Crippen LogP contribution in [0.5, 0.6) is 11.5 Å². The van der Waals surface area contributed by atoms with Crippen molar-refractivity contribution in [3.63, 3.8) is 0 Å². The molecule has 1 aromatic heterocycles. The number of ether oxygens (including phenoxy) is 2. The number of aromatic nitrogens is 2. The van der Waals surface area contributed by atoms with E-state index >= 15 is 0 Å². The molecular weight excluding hydrogens is 332 g/mol. The lowest BCUT2D eigenvalue weighted by Crippen LogP contribution is -2.35. The smallest absolute Gasteiger partial charge is 0.410 e. The number of hydrogen-bond donors (Lipinski definition) is 1. The summed E-state index contributed by atoms with van der Waals surface area (Å²) < 4.78 is 13.1. The molecule has 0 spiro atoms. The maximum atomic E-state index is 12.1. The Hall–Kier alpha value is -2.70. The summed E-state index contributed by atoms with van der Waals surface area (Å²) in [5, 5.41) is 4.35. The molecule has 0 bridgehead atoms. The van der Waals surface area contributed by atoms with Gasteiger partial charge in [0.1, 0.15) is 11.4 Å². The molecule has 1 fully saturated rings. The molecule has 0 radical (unpaired) electrons. The Bertz CT molecular complexity index is 749. The second-order valence-corrected chi connectivity index (χ2v) is 7.65. The Morgan fingerprint density at radius 1 is 1.27 bits per heavy atom. The van der Waals surface area contributed by atoms with Gasteiger partial charge in [-0.05, 0) is 57.4 Å². The summed E-state index contributed by atoms with van der Waals surface area (Å²) in [6, 6.07) is 7.23. The van der Waals surface area contributed by atoms with E-state index in [-0.39, 0.29) is 6.09 Å². The topological polar surface area (TPSA) is 82.6 Å².